The summed E-state index contributed by atoms with van der Waals surface area (Å²) in [5.41, 5.74) is 8.52. The molecule has 2 aromatic carbocycles. The zero-order valence-electron chi connectivity index (χ0n) is 16.0. The van der Waals surface area contributed by atoms with Gasteiger partial charge < -0.3 is 19.9 Å². The third-order valence-corrected chi connectivity index (χ3v) is 5.21. The van der Waals surface area contributed by atoms with Crippen LogP contribution in [0.25, 0.3) is 6.08 Å². The number of methoxy groups -OCH3 is 3. The molecule has 0 aliphatic heterocycles. The molecule has 1 atom stereocenters. The van der Waals surface area contributed by atoms with Crippen molar-refractivity contribution in [3.8, 4) is 17.2 Å². The van der Waals surface area contributed by atoms with E-state index < -0.39 is 5.41 Å². The van der Waals surface area contributed by atoms with Gasteiger partial charge in [0.2, 0.25) is 5.75 Å². The number of ether oxygens (including phenoxy) is 3. The van der Waals surface area contributed by atoms with Crippen molar-refractivity contribution in [2.24, 2.45) is 5.73 Å². The molecule has 0 saturated heterocycles. The predicted octanol–water partition coefficient (Wildman–Crippen LogP) is 3.60. The smallest absolute Gasteiger partial charge is 0.203 e. The summed E-state index contributed by atoms with van der Waals surface area (Å²) in [7, 11) is 4.61. The first-order chi connectivity index (χ1) is 13.1. The summed E-state index contributed by atoms with van der Waals surface area (Å²) in [6.07, 6.45) is 5.23. The van der Waals surface area contributed by atoms with E-state index in [2.05, 4.69) is 24.3 Å². The molecule has 2 N–H and O–H groups in total. The van der Waals surface area contributed by atoms with E-state index in [1.165, 1.54) is 21.3 Å². The van der Waals surface area contributed by atoms with E-state index in [1.807, 2.05) is 12.1 Å². The third kappa shape index (κ3) is 3.43. The Labute approximate surface area is 159 Å². The van der Waals surface area contributed by atoms with Crippen molar-refractivity contribution in [1.82, 2.24) is 0 Å². The zero-order chi connectivity index (χ0) is 19.4. The van der Waals surface area contributed by atoms with E-state index in [0.29, 0.717) is 35.8 Å². The first-order valence-corrected chi connectivity index (χ1v) is 8.88. The lowest BCUT2D eigenvalue weighted by Gasteiger charge is -2.35. The molecule has 5 heteroatoms. The van der Waals surface area contributed by atoms with Crippen molar-refractivity contribution >= 4 is 11.9 Å². The molecule has 1 aliphatic rings. The highest BCUT2D eigenvalue weighted by atomic mass is 16.5. The molecule has 0 bridgehead atoms. The molecule has 0 heterocycles. The second kappa shape index (κ2) is 7.84. The van der Waals surface area contributed by atoms with Gasteiger partial charge in [0.25, 0.3) is 0 Å². The van der Waals surface area contributed by atoms with Crippen LogP contribution in [0.15, 0.2) is 42.5 Å². The highest BCUT2D eigenvalue weighted by molar-refractivity contribution is 5.98. The van der Waals surface area contributed by atoms with Gasteiger partial charge in [0, 0.05) is 23.9 Å². The summed E-state index contributed by atoms with van der Waals surface area (Å²) < 4.78 is 16.1. The van der Waals surface area contributed by atoms with Crippen molar-refractivity contribution in [2.45, 2.75) is 18.3 Å². The quantitative estimate of drug-likeness (QED) is 0.757. The van der Waals surface area contributed by atoms with Gasteiger partial charge in [-0.3, -0.25) is 4.79 Å². The molecule has 2 aromatic rings. The molecule has 1 unspecified atom stereocenters. The molecule has 3 rings (SSSR count). The average Bonchev–Trinajstić information content (AvgIpc) is 2.72. The molecular formula is C22H25NO4. The number of allylic oxidation sites excluding steroid dienone is 1. The summed E-state index contributed by atoms with van der Waals surface area (Å²) in [4.78, 5) is 13.2. The molecule has 0 aromatic heterocycles. The van der Waals surface area contributed by atoms with Crippen LogP contribution < -0.4 is 19.9 Å². The molecule has 0 amide bonds. The number of ketones is 1. The standard InChI is InChI=1S/C22H25NO4/c1-25-19-11-16(12-20(26-2)21(19)27-3)18(24)13-22(14-23)10-6-8-15-7-4-5-9-17(15)22/h4-9,11-12H,10,13-14,23H2,1-3H3. The molecule has 0 spiro atoms. The third-order valence-electron chi connectivity index (χ3n) is 5.21. The van der Waals surface area contributed by atoms with Crippen LogP contribution >= 0.6 is 0 Å². The Hall–Kier alpha value is -2.79. The molecule has 142 valence electrons. The van der Waals surface area contributed by atoms with E-state index in [0.717, 1.165) is 17.5 Å². The van der Waals surface area contributed by atoms with Crippen LogP contribution in [-0.4, -0.2) is 33.7 Å². The van der Waals surface area contributed by atoms with Crippen molar-refractivity contribution in [2.75, 3.05) is 27.9 Å². The number of Topliss-reactive ketones (excluding diaryl/α,β-unsaturated/α-hetero) is 1. The topological polar surface area (TPSA) is 70.8 Å². The van der Waals surface area contributed by atoms with E-state index in [4.69, 9.17) is 19.9 Å². The van der Waals surface area contributed by atoms with Gasteiger partial charge in [0.05, 0.1) is 21.3 Å². The minimum absolute atomic E-state index is 0.00944. The Morgan fingerprint density at radius 3 is 2.33 bits per heavy atom. The molecule has 0 saturated carbocycles. The van der Waals surface area contributed by atoms with Gasteiger partial charge in [-0.05, 0) is 29.7 Å². The van der Waals surface area contributed by atoms with Crippen molar-refractivity contribution in [3.63, 3.8) is 0 Å². The van der Waals surface area contributed by atoms with E-state index >= 15 is 0 Å². The van der Waals surface area contributed by atoms with Gasteiger partial charge in [-0.2, -0.15) is 0 Å². The van der Waals surface area contributed by atoms with E-state index in [1.54, 1.807) is 12.1 Å². The van der Waals surface area contributed by atoms with Gasteiger partial charge in [-0.25, -0.2) is 0 Å². The van der Waals surface area contributed by atoms with Gasteiger partial charge in [-0.1, -0.05) is 36.4 Å². The minimum atomic E-state index is -0.414. The maximum atomic E-state index is 13.2. The fraction of sp³-hybridized carbons (Fsp3) is 0.318. The summed E-state index contributed by atoms with van der Waals surface area (Å²) in [6, 6.07) is 11.5. The molecule has 1 aliphatic carbocycles. The van der Waals surface area contributed by atoms with E-state index in [-0.39, 0.29) is 5.78 Å². The van der Waals surface area contributed by atoms with Crippen molar-refractivity contribution in [3.05, 3.63) is 59.2 Å². The summed E-state index contributed by atoms with van der Waals surface area (Å²) in [5, 5.41) is 0. The SMILES string of the molecule is COc1cc(C(=O)CC2(CN)CC=Cc3ccccc32)cc(OC)c1OC. The number of carbonyl (C=O) groups excluding carboxylic acids is 1. The number of carbonyl (C=O) groups is 1. The number of fused-ring (bicyclic) bond motifs is 1. The van der Waals surface area contributed by atoms with Gasteiger partial charge >= 0.3 is 0 Å². The molecule has 0 fully saturated rings. The monoisotopic (exact) mass is 367 g/mol. The van der Waals surface area contributed by atoms with Crippen LogP contribution in [0, 0.1) is 0 Å². The number of nitrogens with two attached hydrogens (primary N) is 1. The largest absolute Gasteiger partial charge is 0.493 e. The average molecular weight is 367 g/mol. The molecular weight excluding hydrogens is 342 g/mol. The summed E-state index contributed by atoms with van der Waals surface area (Å²) in [5.74, 6) is 1.39. The second-order valence-electron chi connectivity index (χ2n) is 6.69. The fourth-order valence-corrected chi connectivity index (χ4v) is 3.73. The minimum Gasteiger partial charge on any atom is -0.493 e. The van der Waals surface area contributed by atoms with Crippen LogP contribution in [0.5, 0.6) is 17.2 Å². The maximum Gasteiger partial charge on any atom is 0.203 e. The van der Waals surface area contributed by atoms with Crippen LogP contribution in [0.3, 0.4) is 0 Å². The summed E-state index contributed by atoms with van der Waals surface area (Å²) >= 11 is 0. The second-order valence-corrected chi connectivity index (χ2v) is 6.69. The van der Waals surface area contributed by atoms with Crippen molar-refractivity contribution < 1.29 is 19.0 Å². The van der Waals surface area contributed by atoms with Gasteiger partial charge in [0.15, 0.2) is 17.3 Å². The molecule has 5 nitrogen and oxygen atoms in total. The van der Waals surface area contributed by atoms with Crippen molar-refractivity contribution in [1.29, 1.82) is 0 Å². The lowest BCUT2D eigenvalue weighted by atomic mass is 9.69. The normalized spacial score (nSPS) is 17.9. The van der Waals surface area contributed by atoms with Gasteiger partial charge in [0.1, 0.15) is 0 Å². The number of hydrogen-bond acceptors (Lipinski definition) is 5. The number of benzene rings is 2. The molecule has 27 heavy (non-hydrogen) atoms. The molecule has 0 radical (unpaired) electrons. The van der Waals surface area contributed by atoms with Crippen LogP contribution in [0.1, 0.15) is 34.3 Å². The Bertz CT molecular complexity index is 849. The lowest BCUT2D eigenvalue weighted by molar-refractivity contribution is 0.0949. The van der Waals surface area contributed by atoms with Crippen LogP contribution in [0.4, 0.5) is 0 Å². The Balaban J connectivity index is 1.98. The van der Waals surface area contributed by atoms with Gasteiger partial charge in [-0.15, -0.1) is 0 Å². The predicted molar refractivity (Wildman–Crippen MR) is 106 cm³/mol. The first kappa shape index (κ1) is 19.0. The van der Waals surface area contributed by atoms with Crippen LogP contribution in [0.2, 0.25) is 0 Å². The maximum absolute atomic E-state index is 13.2. The van der Waals surface area contributed by atoms with E-state index in [9.17, 15) is 4.79 Å². The highest BCUT2D eigenvalue weighted by Gasteiger charge is 2.36. The lowest BCUT2D eigenvalue weighted by Crippen LogP contribution is -2.38. The fourth-order valence-electron chi connectivity index (χ4n) is 3.73. The number of hydrogen-bond donors (Lipinski definition) is 1. The Kier molecular flexibility index (Phi) is 5.51. The zero-order valence-corrected chi connectivity index (χ0v) is 16.0. The summed E-state index contributed by atoms with van der Waals surface area (Å²) in [6.45, 7) is 0.393. The van der Waals surface area contributed by atoms with Crippen LogP contribution in [-0.2, 0) is 5.41 Å². The number of rotatable bonds is 7. The highest BCUT2D eigenvalue weighted by Crippen LogP contribution is 2.41. The Morgan fingerprint density at radius 2 is 1.74 bits per heavy atom. The Morgan fingerprint density at radius 1 is 1.07 bits per heavy atom. The first-order valence-electron chi connectivity index (χ1n) is 8.88.